The van der Waals surface area contributed by atoms with Crippen LogP contribution < -0.4 is 0 Å². The molecule has 1 amide bonds. The van der Waals surface area contributed by atoms with Gasteiger partial charge in [0.25, 0.3) is 0 Å². The molecule has 1 saturated heterocycles. The molecule has 1 heterocycles. The first-order chi connectivity index (χ1) is 13.1. The van der Waals surface area contributed by atoms with Gasteiger partial charge >= 0.3 is 6.09 Å². The first-order valence-electron chi connectivity index (χ1n) is 10.4. The summed E-state index contributed by atoms with van der Waals surface area (Å²) in [6.45, 7) is 14.1. The summed E-state index contributed by atoms with van der Waals surface area (Å²) in [6, 6.07) is 11.3. The number of allylic oxidation sites excluding steroid dienone is 2. The Balaban J connectivity index is 2.05. The zero-order valence-electron chi connectivity index (χ0n) is 18.4. The van der Waals surface area contributed by atoms with Gasteiger partial charge in [0.2, 0.25) is 0 Å². The number of hydrogen-bond acceptors (Lipinski definition) is 3. The molecule has 1 aliphatic heterocycles. The predicted octanol–water partition coefficient (Wildman–Crippen LogP) is 6.42. The van der Waals surface area contributed by atoms with E-state index in [0.29, 0.717) is 6.61 Å². The molecule has 0 spiro atoms. The van der Waals surface area contributed by atoms with Crippen LogP contribution in [0.15, 0.2) is 42.5 Å². The molecule has 2 atom stereocenters. The molecule has 0 N–H and O–H groups in total. The Morgan fingerprint density at radius 2 is 1.82 bits per heavy atom. The van der Waals surface area contributed by atoms with Crippen LogP contribution in [0.3, 0.4) is 0 Å². The SMILES string of the molecule is C[Si](C)(C)C/C=C/CCC[C@H](O[Si](C)(C)C)N1C(=O)OC[C@H]1c1ccccc1. The van der Waals surface area contributed by atoms with Gasteiger partial charge in [-0.1, -0.05) is 62.1 Å². The van der Waals surface area contributed by atoms with Crippen molar-refractivity contribution >= 4 is 22.5 Å². The van der Waals surface area contributed by atoms with Crippen LogP contribution in [-0.4, -0.2) is 40.2 Å². The van der Waals surface area contributed by atoms with Crippen LogP contribution in [0.1, 0.15) is 30.9 Å². The van der Waals surface area contributed by atoms with Gasteiger partial charge in [0.15, 0.2) is 8.32 Å². The summed E-state index contributed by atoms with van der Waals surface area (Å²) in [6.07, 6.45) is 7.00. The average Bonchev–Trinajstić information content (AvgIpc) is 2.97. The molecule has 6 heteroatoms. The van der Waals surface area contributed by atoms with Gasteiger partial charge in [0.1, 0.15) is 12.8 Å². The normalized spacial score (nSPS) is 19.3. The van der Waals surface area contributed by atoms with Gasteiger partial charge < -0.3 is 9.16 Å². The van der Waals surface area contributed by atoms with Crippen molar-refractivity contribution in [2.45, 2.75) is 76.9 Å². The molecular formula is C22H37NO3Si2. The highest BCUT2D eigenvalue weighted by Gasteiger charge is 2.40. The monoisotopic (exact) mass is 419 g/mol. The second-order valence-electron chi connectivity index (χ2n) is 9.76. The van der Waals surface area contributed by atoms with Crippen molar-refractivity contribution in [3.8, 4) is 0 Å². The van der Waals surface area contributed by atoms with Gasteiger partial charge in [-0.25, -0.2) is 4.79 Å². The highest BCUT2D eigenvalue weighted by atomic mass is 28.4. The van der Waals surface area contributed by atoms with Crippen LogP contribution in [-0.2, 0) is 9.16 Å². The van der Waals surface area contributed by atoms with Crippen molar-refractivity contribution < 1.29 is 14.0 Å². The van der Waals surface area contributed by atoms with Gasteiger partial charge in [-0.2, -0.15) is 0 Å². The number of carbonyl (C=O) groups is 1. The fraction of sp³-hybridized carbons (Fsp3) is 0.591. The van der Waals surface area contributed by atoms with E-state index in [9.17, 15) is 4.79 Å². The van der Waals surface area contributed by atoms with Gasteiger partial charge in [0, 0.05) is 8.07 Å². The summed E-state index contributed by atoms with van der Waals surface area (Å²) in [4.78, 5) is 14.4. The Bertz CT molecular complexity index is 650. The maximum Gasteiger partial charge on any atom is 0.412 e. The van der Waals surface area contributed by atoms with Crippen molar-refractivity contribution in [2.24, 2.45) is 0 Å². The predicted molar refractivity (Wildman–Crippen MR) is 122 cm³/mol. The molecule has 0 radical (unpaired) electrons. The molecule has 1 aromatic carbocycles. The molecule has 0 aromatic heterocycles. The fourth-order valence-electron chi connectivity index (χ4n) is 3.31. The minimum absolute atomic E-state index is 0.0718. The molecule has 0 bridgehead atoms. The van der Waals surface area contributed by atoms with E-state index in [1.54, 1.807) is 0 Å². The number of ether oxygens (including phenoxy) is 1. The molecule has 0 aliphatic carbocycles. The molecule has 0 unspecified atom stereocenters. The smallest absolute Gasteiger partial charge is 0.412 e. The highest BCUT2D eigenvalue weighted by molar-refractivity contribution is 6.76. The fourth-order valence-corrected chi connectivity index (χ4v) is 5.23. The third-order valence-corrected chi connectivity index (χ3v) is 7.05. The highest BCUT2D eigenvalue weighted by Crippen LogP contribution is 2.32. The van der Waals surface area contributed by atoms with Gasteiger partial charge in [-0.05, 0) is 50.5 Å². The number of cyclic esters (lactones) is 1. The van der Waals surface area contributed by atoms with Crippen LogP contribution in [0, 0.1) is 0 Å². The van der Waals surface area contributed by atoms with Crippen molar-refractivity contribution in [1.29, 1.82) is 0 Å². The molecule has 0 saturated carbocycles. The van der Waals surface area contributed by atoms with E-state index in [4.69, 9.17) is 9.16 Å². The van der Waals surface area contributed by atoms with Gasteiger partial charge in [-0.15, -0.1) is 0 Å². The van der Waals surface area contributed by atoms with E-state index in [1.807, 2.05) is 23.1 Å². The summed E-state index contributed by atoms with van der Waals surface area (Å²) in [5.41, 5.74) is 1.10. The first-order valence-corrected chi connectivity index (χ1v) is 17.5. The van der Waals surface area contributed by atoms with E-state index in [1.165, 1.54) is 6.04 Å². The van der Waals surface area contributed by atoms with Crippen molar-refractivity contribution in [3.05, 3.63) is 48.0 Å². The van der Waals surface area contributed by atoms with Crippen molar-refractivity contribution in [3.63, 3.8) is 0 Å². The van der Waals surface area contributed by atoms with Crippen LogP contribution in [0.4, 0.5) is 4.79 Å². The van der Waals surface area contributed by atoms with Crippen LogP contribution in [0.25, 0.3) is 0 Å². The third kappa shape index (κ3) is 7.56. The summed E-state index contributed by atoms with van der Waals surface area (Å²) >= 11 is 0. The number of hydrogen-bond donors (Lipinski definition) is 0. The maximum atomic E-state index is 12.6. The van der Waals surface area contributed by atoms with Crippen LogP contribution >= 0.6 is 0 Å². The molecule has 1 aliphatic rings. The topological polar surface area (TPSA) is 38.8 Å². The Morgan fingerprint density at radius 1 is 1.14 bits per heavy atom. The molecule has 1 fully saturated rings. The lowest BCUT2D eigenvalue weighted by Gasteiger charge is -2.35. The number of nitrogens with zero attached hydrogens (tertiary/aromatic N) is 1. The summed E-state index contributed by atoms with van der Waals surface area (Å²) in [5, 5.41) is 0. The lowest BCUT2D eigenvalue weighted by molar-refractivity contribution is 0.0258. The Labute approximate surface area is 173 Å². The number of amides is 1. The number of carbonyl (C=O) groups excluding carboxylic acids is 1. The second-order valence-corrected chi connectivity index (χ2v) is 19.8. The van der Waals surface area contributed by atoms with Crippen LogP contribution in [0.5, 0.6) is 0 Å². The quantitative estimate of drug-likeness (QED) is 0.249. The minimum atomic E-state index is -1.81. The molecule has 2 rings (SSSR count). The Kier molecular flexibility index (Phi) is 8.10. The van der Waals surface area contributed by atoms with E-state index in [-0.39, 0.29) is 18.4 Å². The van der Waals surface area contributed by atoms with Gasteiger partial charge in [-0.3, -0.25) is 4.90 Å². The van der Waals surface area contributed by atoms with Gasteiger partial charge in [0.05, 0.1) is 6.04 Å². The average molecular weight is 420 g/mol. The summed E-state index contributed by atoms with van der Waals surface area (Å²) < 4.78 is 11.9. The van der Waals surface area contributed by atoms with E-state index in [0.717, 1.165) is 24.8 Å². The molecule has 4 nitrogen and oxygen atoms in total. The Morgan fingerprint density at radius 3 is 2.43 bits per heavy atom. The molecule has 1 aromatic rings. The van der Waals surface area contributed by atoms with E-state index in [2.05, 4.69) is 63.6 Å². The summed E-state index contributed by atoms with van der Waals surface area (Å²) in [7, 11) is -2.83. The third-order valence-electron chi connectivity index (χ3n) is 4.61. The molecule has 156 valence electrons. The van der Waals surface area contributed by atoms with Crippen molar-refractivity contribution in [1.82, 2.24) is 4.90 Å². The zero-order chi connectivity index (χ0) is 20.8. The van der Waals surface area contributed by atoms with Crippen molar-refractivity contribution in [2.75, 3.05) is 6.61 Å². The largest absolute Gasteiger partial charge is 0.447 e. The lowest BCUT2D eigenvalue weighted by atomic mass is 10.1. The zero-order valence-corrected chi connectivity index (χ0v) is 20.4. The summed E-state index contributed by atoms with van der Waals surface area (Å²) in [5.74, 6) is 0. The standard InChI is InChI=1S/C22H37NO3Si2/c1-27(2,3)17-13-8-7-12-16-21(26-28(4,5)6)23-20(18-25-22(23)24)19-14-10-9-11-15-19/h8-11,13-15,20-21H,7,12,16-18H2,1-6H3/b13-8+/t20-,21-/m0/s1. The van der Waals surface area contributed by atoms with E-state index < -0.39 is 16.4 Å². The Hall–Kier alpha value is -1.38. The lowest BCUT2D eigenvalue weighted by Crippen LogP contribution is -2.45. The minimum Gasteiger partial charge on any atom is -0.447 e. The molecular weight excluding hydrogens is 382 g/mol. The van der Waals surface area contributed by atoms with Crippen LogP contribution in [0.2, 0.25) is 45.3 Å². The molecule has 28 heavy (non-hydrogen) atoms. The first kappa shape index (κ1) is 22.9. The second kappa shape index (κ2) is 9.90. The number of rotatable bonds is 10. The van der Waals surface area contributed by atoms with E-state index >= 15 is 0 Å². The maximum absolute atomic E-state index is 12.6. The number of unbranched alkanes of at least 4 members (excludes halogenated alkanes) is 1. The number of benzene rings is 1.